The fourth-order valence-electron chi connectivity index (χ4n) is 0.898. The van der Waals surface area contributed by atoms with E-state index in [-0.39, 0.29) is 12.5 Å². The van der Waals surface area contributed by atoms with E-state index in [0.717, 1.165) is 11.4 Å². The van der Waals surface area contributed by atoms with E-state index in [0.29, 0.717) is 0 Å². The van der Waals surface area contributed by atoms with Crippen LogP contribution in [0.15, 0.2) is 24.3 Å². The number of hydrogen-bond donors (Lipinski definition) is 2. The predicted molar refractivity (Wildman–Crippen MR) is 49.4 cm³/mol. The second-order valence-electron chi connectivity index (χ2n) is 2.53. The Kier molecular flexibility index (Phi) is 3.28. The Morgan fingerprint density at radius 1 is 1.46 bits per heavy atom. The number of carbonyl (C=O) groups is 1. The molecule has 0 radical (unpaired) electrons. The molecule has 0 aliphatic carbocycles. The van der Waals surface area contributed by atoms with Gasteiger partial charge in [-0.05, 0) is 24.3 Å². The number of benzene rings is 1. The van der Waals surface area contributed by atoms with Crippen LogP contribution in [0.1, 0.15) is 0 Å². The van der Waals surface area contributed by atoms with Crippen LogP contribution >= 0.6 is 0 Å². The lowest BCUT2D eigenvalue weighted by Gasteiger charge is -2.03. The molecule has 13 heavy (non-hydrogen) atoms. The Hall–Kier alpha value is -1.55. The van der Waals surface area contributed by atoms with Crippen LogP contribution in [0.2, 0.25) is 0 Å². The van der Waals surface area contributed by atoms with E-state index in [9.17, 15) is 4.79 Å². The molecule has 0 saturated carbocycles. The molecule has 0 fully saturated rings. The highest BCUT2D eigenvalue weighted by molar-refractivity contribution is 5.91. The van der Waals surface area contributed by atoms with Gasteiger partial charge in [0.15, 0.2) is 6.54 Å². The van der Waals surface area contributed by atoms with E-state index in [4.69, 9.17) is 4.74 Å². The van der Waals surface area contributed by atoms with Crippen molar-refractivity contribution in [2.45, 2.75) is 0 Å². The first-order chi connectivity index (χ1) is 6.26. The SMILES string of the molecule is COc1ccc(NC(=O)C[NH3+])cc1. The standard InChI is InChI=1S/C9H12N2O2/c1-13-8-4-2-7(3-5-8)11-9(12)6-10/h2-5H,6,10H2,1H3,(H,11,12)/p+1. The number of rotatable bonds is 3. The molecule has 0 saturated heterocycles. The van der Waals surface area contributed by atoms with Crippen LogP contribution in [0.5, 0.6) is 5.75 Å². The first-order valence-electron chi connectivity index (χ1n) is 3.99. The van der Waals surface area contributed by atoms with Crippen molar-refractivity contribution in [1.29, 1.82) is 0 Å². The topological polar surface area (TPSA) is 66.0 Å². The lowest BCUT2D eigenvalue weighted by Crippen LogP contribution is -2.55. The molecule has 1 aromatic rings. The average Bonchev–Trinajstić information content (AvgIpc) is 2.19. The van der Waals surface area contributed by atoms with Gasteiger partial charge in [-0.15, -0.1) is 0 Å². The first-order valence-corrected chi connectivity index (χ1v) is 3.99. The minimum Gasteiger partial charge on any atom is -0.497 e. The van der Waals surface area contributed by atoms with Crippen LogP contribution in [-0.4, -0.2) is 19.6 Å². The summed E-state index contributed by atoms with van der Waals surface area (Å²) in [5, 5.41) is 2.69. The minimum atomic E-state index is -0.0924. The zero-order chi connectivity index (χ0) is 9.68. The maximum Gasteiger partial charge on any atom is 0.279 e. The molecule has 0 spiro atoms. The van der Waals surface area contributed by atoms with Gasteiger partial charge >= 0.3 is 0 Å². The smallest absolute Gasteiger partial charge is 0.279 e. The molecule has 1 aromatic carbocycles. The summed E-state index contributed by atoms with van der Waals surface area (Å²) in [7, 11) is 1.60. The molecular formula is C9H13N2O2+. The molecule has 0 aromatic heterocycles. The molecular weight excluding hydrogens is 168 g/mol. The van der Waals surface area contributed by atoms with Crippen LogP contribution in [0.25, 0.3) is 0 Å². The van der Waals surface area contributed by atoms with E-state index < -0.39 is 0 Å². The van der Waals surface area contributed by atoms with Crippen molar-refractivity contribution in [3.05, 3.63) is 24.3 Å². The summed E-state index contributed by atoms with van der Waals surface area (Å²) < 4.78 is 4.98. The highest BCUT2D eigenvalue weighted by Gasteiger charge is 2.00. The summed E-state index contributed by atoms with van der Waals surface area (Å²) in [6.07, 6.45) is 0. The van der Waals surface area contributed by atoms with E-state index in [1.807, 2.05) is 0 Å². The normalized spacial score (nSPS) is 9.38. The minimum absolute atomic E-state index is 0.0924. The van der Waals surface area contributed by atoms with Crippen LogP contribution in [-0.2, 0) is 4.79 Å². The Morgan fingerprint density at radius 3 is 2.54 bits per heavy atom. The molecule has 0 aliphatic rings. The molecule has 0 heterocycles. The van der Waals surface area contributed by atoms with Gasteiger partial charge in [0.05, 0.1) is 7.11 Å². The number of quaternary nitrogens is 1. The first kappa shape index (κ1) is 9.54. The van der Waals surface area contributed by atoms with Gasteiger partial charge in [-0.2, -0.15) is 0 Å². The maximum atomic E-state index is 10.9. The van der Waals surface area contributed by atoms with Gasteiger partial charge in [0.1, 0.15) is 5.75 Å². The number of nitrogens with one attached hydrogen (secondary N) is 1. The molecule has 4 nitrogen and oxygen atoms in total. The monoisotopic (exact) mass is 181 g/mol. The Labute approximate surface area is 76.7 Å². The van der Waals surface area contributed by atoms with Crippen LogP contribution in [0.4, 0.5) is 5.69 Å². The number of anilines is 1. The summed E-state index contributed by atoms with van der Waals surface area (Å²) >= 11 is 0. The summed E-state index contributed by atoms with van der Waals surface area (Å²) in [5.41, 5.74) is 4.24. The molecule has 0 atom stereocenters. The molecule has 0 bridgehead atoms. The quantitative estimate of drug-likeness (QED) is 0.682. The van der Waals surface area contributed by atoms with Crippen molar-refractivity contribution in [1.82, 2.24) is 0 Å². The van der Waals surface area contributed by atoms with E-state index in [1.165, 1.54) is 0 Å². The molecule has 4 heteroatoms. The molecule has 1 rings (SSSR count). The van der Waals surface area contributed by atoms with Crippen molar-refractivity contribution < 1.29 is 15.3 Å². The fourth-order valence-corrected chi connectivity index (χ4v) is 0.898. The van der Waals surface area contributed by atoms with Crippen molar-refractivity contribution in [2.24, 2.45) is 0 Å². The number of ether oxygens (including phenoxy) is 1. The van der Waals surface area contributed by atoms with Crippen molar-refractivity contribution in [3.8, 4) is 5.75 Å². The van der Waals surface area contributed by atoms with Gasteiger partial charge in [0.25, 0.3) is 5.91 Å². The molecule has 0 aliphatic heterocycles. The summed E-state index contributed by atoms with van der Waals surface area (Å²) in [6.45, 7) is 0.242. The van der Waals surface area contributed by atoms with Gasteiger partial charge in [0, 0.05) is 5.69 Å². The van der Waals surface area contributed by atoms with Crippen LogP contribution in [0, 0.1) is 0 Å². The summed E-state index contributed by atoms with van der Waals surface area (Å²) in [5.74, 6) is 0.679. The lowest BCUT2D eigenvalue weighted by atomic mass is 10.3. The number of amides is 1. The number of hydrogen-bond acceptors (Lipinski definition) is 2. The average molecular weight is 181 g/mol. The van der Waals surface area contributed by atoms with Gasteiger partial charge in [-0.3, -0.25) is 4.79 Å². The Balaban J connectivity index is 2.64. The third kappa shape index (κ3) is 2.76. The zero-order valence-corrected chi connectivity index (χ0v) is 7.54. The molecule has 4 N–H and O–H groups in total. The Morgan fingerprint density at radius 2 is 2.08 bits per heavy atom. The van der Waals surface area contributed by atoms with Crippen molar-refractivity contribution in [3.63, 3.8) is 0 Å². The zero-order valence-electron chi connectivity index (χ0n) is 7.54. The maximum absolute atomic E-state index is 10.9. The Bertz CT molecular complexity index is 282. The van der Waals surface area contributed by atoms with Gasteiger partial charge < -0.3 is 15.8 Å². The second-order valence-corrected chi connectivity index (χ2v) is 2.53. The second kappa shape index (κ2) is 4.47. The highest BCUT2D eigenvalue weighted by Crippen LogP contribution is 2.14. The van der Waals surface area contributed by atoms with Crippen molar-refractivity contribution in [2.75, 3.05) is 19.0 Å². The van der Waals surface area contributed by atoms with E-state index >= 15 is 0 Å². The van der Waals surface area contributed by atoms with Gasteiger partial charge in [-0.1, -0.05) is 0 Å². The predicted octanol–water partition coefficient (Wildman–Crippen LogP) is -0.124. The molecule has 0 unspecified atom stereocenters. The lowest BCUT2D eigenvalue weighted by molar-refractivity contribution is -0.353. The number of methoxy groups -OCH3 is 1. The highest BCUT2D eigenvalue weighted by atomic mass is 16.5. The molecule has 1 amide bonds. The fraction of sp³-hybridized carbons (Fsp3) is 0.222. The largest absolute Gasteiger partial charge is 0.497 e. The molecule has 70 valence electrons. The van der Waals surface area contributed by atoms with Gasteiger partial charge in [-0.25, -0.2) is 0 Å². The number of carbonyl (C=O) groups excluding carboxylic acids is 1. The third-order valence-corrected chi connectivity index (χ3v) is 1.60. The van der Waals surface area contributed by atoms with Crippen LogP contribution < -0.4 is 15.8 Å². The third-order valence-electron chi connectivity index (χ3n) is 1.60. The van der Waals surface area contributed by atoms with E-state index in [2.05, 4.69) is 11.1 Å². The van der Waals surface area contributed by atoms with Crippen LogP contribution in [0.3, 0.4) is 0 Å². The van der Waals surface area contributed by atoms with E-state index in [1.54, 1.807) is 31.4 Å². The summed E-state index contributed by atoms with van der Waals surface area (Å²) in [6, 6.07) is 7.15. The van der Waals surface area contributed by atoms with Crippen molar-refractivity contribution >= 4 is 11.6 Å². The summed E-state index contributed by atoms with van der Waals surface area (Å²) in [4.78, 5) is 10.9. The van der Waals surface area contributed by atoms with Gasteiger partial charge in [0.2, 0.25) is 0 Å².